The molecular weight excluding hydrogens is 424 g/mol. The molecule has 34 heavy (non-hydrogen) atoms. The minimum atomic E-state index is 0.802. The van der Waals surface area contributed by atoms with Crippen LogP contribution in [0.1, 0.15) is 22.4 Å². The molecule has 0 aliphatic carbocycles. The summed E-state index contributed by atoms with van der Waals surface area (Å²) < 4.78 is 1.78. The zero-order chi connectivity index (χ0) is 23.2. The molecule has 0 spiro atoms. The number of benzene rings is 1. The number of aromatic nitrogens is 5. The standard InChI is InChI=1S/C26H30N8/c1-18-19(2)26(30-34-17-28-29-25(18)34)33-9-8-24-22(16-33)14-21(15-27-24)20-4-6-23(7-5-20)32-12-10-31(3)11-13-32/h4-7,14-15,17H,8-13,16H2,1-3H3. The van der Waals surface area contributed by atoms with Gasteiger partial charge < -0.3 is 14.7 Å². The zero-order valence-corrected chi connectivity index (χ0v) is 20.1. The van der Waals surface area contributed by atoms with Gasteiger partial charge in [0.25, 0.3) is 0 Å². The van der Waals surface area contributed by atoms with Crippen LogP contribution in [-0.2, 0) is 13.0 Å². The van der Waals surface area contributed by atoms with E-state index < -0.39 is 0 Å². The predicted molar refractivity (Wildman–Crippen MR) is 134 cm³/mol. The monoisotopic (exact) mass is 454 g/mol. The molecule has 1 fully saturated rings. The SMILES string of the molecule is Cc1c(N2CCc3ncc(-c4ccc(N5CCN(C)CC5)cc4)cc3C2)nn2cnnc2c1C. The molecule has 3 aromatic heterocycles. The van der Waals surface area contributed by atoms with Crippen LogP contribution in [0.3, 0.4) is 0 Å². The Morgan fingerprint density at radius 2 is 1.65 bits per heavy atom. The van der Waals surface area contributed by atoms with Crippen LogP contribution in [-0.4, -0.2) is 69.5 Å². The van der Waals surface area contributed by atoms with Gasteiger partial charge in [-0.2, -0.15) is 4.52 Å². The van der Waals surface area contributed by atoms with Gasteiger partial charge in [-0.25, -0.2) is 0 Å². The van der Waals surface area contributed by atoms with Crippen LogP contribution in [0, 0.1) is 13.8 Å². The van der Waals surface area contributed by atoms with E-state index in [0.29, 0.717) is 0 Å². The summed E-state index contributed by atoms with van der Waals surface area (Å²) in [4.78, 5) is 12.0. The molecule has 1 aromatic carbocycles. The van der Waals surface area contributed by atoms with E-state index in [2.05, 4.69) is 76.1 Å². The van der Waals surface area contributed by atoms with Crippen molar-refractivity contribution in [2.75, 3.05) is 49.6 Å². The molecule has 8 heteroatoms. The summed E-state index contributed by atoms with van der Waals surface area (Å²) in [5.41, 5.74) is 9.25. The van der Waals surface area contributed by atoms with Crippen molar-refractivity contribution in [3.05, 3.63) is 65.2 Å². The fourth-order valence-electron chi connectivity index (χ4n) is 5.06. The lowest BCUT2D eigenvalue weighted by Gasteiger charge is -2.34. The molecular formula is C26H30N8. The summed E-state index contributed by atoms with van der Waals surface area (Å²) >= 11 is 0. The Bertz CT molecular complexity index is 1340. The third kappa shape index (κ3) is 3.68. The van der Waals surface area contributed by atoms with E-state index in [1.807, 2.05) is 6.20 Å². The van der Waals surface area contributed by atoms with Crippen molar-refractivity contribution in [3.63, 3.8) is 0 Å². The Hall–Kier alpha value is -3.52. The average Bonchev–Trinajstić information content (AvgIpc) is 3.35. The summed E-state index contributed by atoms with van der Waals surface area (Å²) in [6.07, 6.45) is 4.61. The first-order valence-electron chi connectivity index (χ1n) is 12.0. The van der Waals surface area contributed by atoms with Gasteiger partial charge in [-0.05, 0) is 50.2 Å². The highest BCUT2D eigenvalue weighted by molar-refractivity contribution is 5.67. The van der Waals surface area contributed by atoms with Crippen molar-refractivity contribution < 1.29 is 0 Å². The number of hydrogen-bond acceptors (Lipinski definition) is 7. The largest absolute Gasteiger partial charge is 0.369 e. The number of pyridine rings is 1. The summed E-state index contributed by atoms with van der Waals surface area (Å²) in [5.74, 6) is 0.998. The highest BCUT2D eigenvalue weighted by Gasteiger charge is 2.23. The number of anilines is 2. The second-order valence-electron chi connectivity index (χ2n) is 9.51. The van der Waals surface area contributed by atoms with E-state index in [-0.39, 0.29) is 0 Å². The van der Waals surface area contributed by atoms with Crippen LogP contribution in [0.5, 0.6) is 0 Å². The summed E-state index contributed by atoms with van der Waals surface area (Å²) in [6.45, 7) is 10.3. The van der Waals surface area contributed by atoms with Crippen LogP contribution in [0.2, 0.25) is 0 Å². The zero-order valence-electron chi connectivity index (χ0n) is 20.1. The van der Waals surface area contributed by atoms with Crippen molar-refractivity contribution in [2.45, 2.75) is 26.8 Å². The highest BCUT2D eigenvalue weighted by Crippen LogP contribution is 2.30. The van der Waals surface area contributed by atoms with Gasteiger partial charge in [-0.15, -0.1) is 15.3 Å². The van der Waals surface area contributed by atoms with E-state index in [9.17, 15) is 0 Å². The first-order chi connectivity index (χ1) is 16.6. The number of aryl methyl sites for hydroxylation is 1. The van der Waals surface area contributed by atoms with Gasteiger partial charge in [0, 0.05) is 80.0 Å². The van der Waals surface area contributed by atoms with Gasteiger partial charge in [0.15, 0.2) is 11.5 Å². The molecule has 0 radical (unpaired) electrons. The second-order valence-corrected chi connectivity index (χ2v) is 9.51. The van der Waals surface area contributed by atoms with Gasteiger partial charge in [0.1, 0.15) is 6.33 Å². The van der Waals surface area contributed by atoms with Crippen LogP contribution in [0.25, 0.3) is 16.8 Å². The van der Waals surface area contributed by atoms with E-state index in [1.54, 1.807) is 10.8 Å². The van der Waals surface area contributed by atoms with Crippen molar-refractivity contribution in [3.8, 4) is 11.1 Å². The van der Waals surface area contributed by atoms with Gasteiger partial charge in [-0.1, -0.05) is 12.1 Å². The van der Waals surface area contributed by atoms with Gasteiger partial charge in [0.05, 0.1) is 0 Å². The molecule has 2 aliphatic rings. The van der Waals surface area contributed by atoms with E-state index in [4.69, 9.17) is 10.1 Å². The Labute approximate surface area is 199 Å². The molecule has 174 valence electrons. The normalized spacial score (nSPS) is 16.8. The first-order valence-corrected chi connectivity index (χ1v) is 12.0. The van der Waals surface area contributed by atoms with E-state index in [1.165, 1.54) is 28.1 Å². The first kappa shape index (κ1) is 21.0. The third-order valence-electron chi connectivity index (χ3n) is 7.37. The molecule has 6 rings (SSSR count). The number of hydrogen-bond donors (Lipinski definition) is 0. The molecule has 8 nitrogen and oxygen atoms in total. The molecule has 0 N–H and O–H groups in total. The predicted octanol–water partition coefficient (Wildman–Crippen LogP) is 3.12. The third-order valence-corrected chi connectivity index (χ3v) is 7.37. The van der Waals surface area contributed by atoms with Crippen molar-refractivity contribution >= 4 is 17.2 Å². The highest BCUT2D eigenvalue weighted by atomic mass is 15.4. The average molecular weight is 455 g/mol. The Morgan fingerprint density at radius 1 is 0.853 bits per heavy atom. The maximum Gasteiger partial charge on any atom is 0.180 e. The summed E-state index contributed by atoms with van der Waals surface area (Å²) in [7, 11) is 2.19. The van der Waals surface area contributed by atoms with Crippen LogP contribution < -0.4 is 9.80 Å². The molecule has 5 heterocycles. The van der Waals surface area contributed by atoms with Crippen molar-refractivity contribution in [1.29, 1.82) is 0 Å². The number of rotatable bonds is 3. The van der Waals surface area contributed by atoms with Crippen molar-refractivity contribution in [2.24, 2.45) is 0 Å². The smallest absolute Gasteiger partial charge is 0.180 e. The Balaban J connectivity index is 1.25. The molecule has 0 bridgehead atoms. The van der Waals surface area contributed by atoms with Crippen LogP contribution in [0.15, 0.2) is 42.9 Å². The number of fused-ring (bicyclic) bond motifs is 2. The Kier molecular flexibility index (Phi) is 5.17. The summed E-state index contributed by atoms with van der Waals surface area (Å²) in [6, 6.07) is 11.3. The molecule has 2 aliphatic heterocycles. The molecule has 0 amide bonds. The number of nitrogens with zero attached hydrogens (tertiary/aromatic N) is 8. The van der Waals surface area contributed by atoms with E-state index >= 15 is 0 Å². The maximum absolute atomic E-state index is 4.84. The lowest BCUT2D eigenvalue weighted by molar-refractivity contribution is 0.313. The lowest BCUT2D eigenvalue weighted by atomic mass is 9.99. The number of piperazine rings is 1. The van der Waals surface area contributed by atoms with Gasteiger partial charge >= 0.3 is 0 Å². The van der Waals surface area contributed by atoms with Gasteiger partial charge in [-0.3, -0.25) is 4.98 Å². The number of likely N-dealkylation sites (N-methyl/N-ethyl adjacent to an activating group) is 1. The van der Waals surface area contributed by atoms with Crippen LogP contribution in [0.4, 0.5) is 11.5 Å². The lowest BCUT2D eigenvalue weighted by Crippen LogP contribution is -2.44. The fraction of sp³-hybridized carbons (Fsp3) is 0.385. The maximum atomic E-state index is 4.84. The molecule has 0 saturated carbocycles. The molecule has 1 saturated heterocycles. The fourth-order valence-corrected chi connectivity index (χ4v) is 5.06. The minimum absolute atomic E-state index is 0.802. The molecule has 0 unspecified atom stereocenters. The summed E-state index contributed by atoms with van der Waals surface area (Å²) in [5, 5.41) is 13.1. The topological polar surface area (TPSA) is 65.7 Å². The van der Waals surface area contributed by atoms with Crippen molar-refractivity contribution in [1.82, 2.24) is 29.7 Å². The van der Waals surface area contributed by atoms with E-state index in [0.717, 1.165) is 68.3 Å². The molecule has 4 aromatic rings. The molecule has 0 atom stereocenters. The Morgan fingerprint density at radius 3 is 2.44 bits per heavy atom. The minimum Gasteiger partial charge on any atom is -0.369 e. The second kappa shape index (κ2) is 8.36. The van der Waals surface area contributed by atoms with Crippen LogP contribution >= 0.6 is 0 Å². The van der Waals surface area contributed by atoms with Gasteiger partial charge in [0.2, 0.25) is 0 Å². The quantitative estimate of drug-likeness (QED) is 0.471.